The number of amides is 3. The normalized spacial score (nSPS) is 19.6. The number of halogens is 1. The number of hydrogen-bond acceptors (Lipinski definition) is 7. The first-order valence-corrected chi connectivity index (χ1v) is 14.3. The maximum absolute atomic E-state index is 12.8. The van der Waals surface area contributed by atoms with Crippen LogP contribution < -0.4 is 22.5 Å². The molecule has 41 heavy (non-hydrogen) atoms. The van der Waals surface area contributed by atoms with Crippen LogP contribution in [0.2, 0.25) is 0 Å². The van der Waals surface area contributed by atoms with Crippen LogP contribution in [-0.2, 0) is 11.3 Å². The highest BCUT2D eigenvalue weighted by Crippen LogP contribution is 2.24. The summed E-state index contributed by atoms with van der Waals surface area (Å²) in [6, 6.07) is 10.1. The van der Waals surface area contributed by atoms with Gasteiger partial charge in [-0.15, -0.1) is 12.4 Å². The fourth-order valence-corrected chi connectivity index (χ4v) is 5.48. The van der Waals surface area contributed by atoms with E-state index in [1.165, 1.54) is 10.1 Å². The average molecular weight is 589 g/mol. The Kier molecular flexibility index (Phi) is 11.3. The number of anilines is 1. The zero-order valence-corrected chi connectivity index (χ0v) is 25.2. The van der Waals surface area contributed by atoms with E-state index in [1.807, 2.05) is 38.1 Å². The van der Waals surface area contributed by atoms with Crippen LogP contribution in [0.5, 0.6) is 0 Å². The van der Waals surface area contributed by atoms with Crippen molar-refractivity contribution in [3.8, 4) is 5.69 Å². The zero-order chi connectivity index (χ0) is 28.9. The lowest BCUT2D eigenvalue weighted by Gasteiger charge is -2.35. The molecule has 4 rings (SSSR count). The summed E-state index contributed by atoms with van der Waals surface area (Å²) < 4.78 is 1.46. The van der Waals surface area contributed by atoms with Crippen molar-refractivity contribution in [2.45, 2.75) is 77.0 Å². The molecule has 2 aliphatic rings. The SMILES string of the molecule is CCN(Cc1ccc(-n2ccc(NC(=O)N3CCN(C(=O)CC(C)(C)N)CC3)nc2=O)cc1)[C@H]1CC[C@H](N)CC1.Cl. The van der Waals surface area contributed by atoms with Crippen LogP contribution in [-0.4, -0.2) is 86.5 Å². The molecule has 1 aliphatic heterocycles. The maximum Gasteiger partial charge on any atom is 0.354 e. The van der Waals surface area contributed by atoms with Gasteiger partial charge in [0.1, 0.15) is 5.82 Å². The van der Waals surface area contributed by atoms with Crippen molar-refractivity contribution in [3.05, 3.63) is 52.6 Å². The molecular weight excluding hydrogens is 544 g/mol. The van der Waals surface area contributed by atoms with Crippen molar-refractivity contribution in [2.24, 2.45) is 11.5 Å². The van der Waals surface area contributed by atoms with Gasteiger partial charge in [0.15, 0.2) is 0 Å². The van der Waals surface area contributed by atoms with Gasteiger partial charge >= 0.3 is 11.7 Å². The number of nitrogens with two attached hydrogens (primary N) is 2. The monoisotopic (exact) mass is 588 g/mol. The molecule has 1 saturated carbocycles. The first kappa shape index (κ1) is 32.5. The second-order valence-corrected chi connectivity index (χ2v) is 11.7. The Hall–Kier alpha value is -2.99. The lowest BCUT2D eigenvalue weighted by Crippen LogP contribution is -2.53. The first-order chi connectivity index (χ1) is 19.0. The van der Waals surface area contributed by atoms with Crippen molar-refractivity contribution in [1.82, 2.24) is 24.3 Å². The molecule has 0 spiro atoms. The number of carbonyl (C=O) groups excluding carboxylic acids is 2. The van der Waals surface area contributed by atoms with Crippen molar-refractivity contribution >= 4 is 30.2 Å². The molecular formula is C29H45ClN8O3. The standard InChI is InChI=1S/C29H44N8O3.ClH/c1-4-34(23-11-7-22(30)8-12-23)20-21-5-9-24(10-6-21)37-14-13-25(33-28(37)40)32-27(39)36-17-15-35(16-18-36)26(38)19-29(2,3)31;/h5-6,9-10,13-14,22-23H,4,7-8,11-12,15-20,30-31H2,1-3H3,(H,32,33,39,40);1H/t22-,23-;. The van der Waals surface area contributed by atoms with Crippen LogP contribution in [0, 0.1) is 0 Å². The van der Waals surface area contributed by atoms with Crippen LogP contribution in [0.3, 0.4) is 0 Å². The number of hydrogen-bond donors (Lipinski definition) is 3. The summed E-state index contributed by atoms with van der Waals surface area (Å²) in [6.45, 7) is 9.36. The van der Waals surface area contributed by atoms with Gasteiger partial charge in [0.25, 0.3) is 0 Å². The molecule has 0 atom stereocenters. The van der Waals surface area contributed by atoms with E-state index in [0.717, 1.165) is 38.8 Å². The summed E-state index contributed by atoms with van der Waals surface area (Å²) in [6.07, 6.45) is 6.32. The number of rotatable bonds is 8. The molecule has 0 unspecified atom stereocenters. The summed E-state index contributed by atoms with van der Waals surface area (Å²) in [5.74, 6) is 0.181. The predicted octanol–water partition coefficient (Wildman–Crippen LogP) is 2.55. The van der Waals surface area contributed by atoms with Crippen molar-refractivity contribution in [3.63, 3.8) is 0 Å². The van der Waals surface area contributed by atoms with Crippen LogP contribution in [0.1, 0.15) is 58.4 Å². The molecule has 1 saturated heterocycles. The second kappa shape index (κ2) is 14.3. The zero-order valence-electron chi connectivity index (χ0n) is 24.4. The highest BCUT2D eigenvalue weighted by molar-refractivity contribution is 5.88. The van der Waals surface area contributed by atoms with Gasteiger partial charge in [0.05, 0.1) is 5.69 Å². The van der Waals surface area contributed by atoms with E-state index in [0.29, 0.717) is 44.0 Å². The van der Waals surface area contributed by atoms with Gasteiger partial charge in [-0.05, 0) is 69.8 Å². The van der Waals surface area contributed by atoms with Crippen LogP contribution in [0.15, 0.2) is 41.3 Å². The van der Waals surface area contributed by atoms with Gasteiger partial charge in [0.2, 0.25) is 5.91 Å². The Bertz CT molecular complexity index is 1210. The lowest BCUT2D eigenvalue weighted by molar-refractivity contribution is -0.133. The first-order valence-electron chi connectivity index (χ1n) is 14.3. The van der Waals surface area contributed by atoms with E-state index in [1.54, 1.807) is 22.1 Å². The average Bonchev–Trinajstić information content (AvgIpc) is 2.92. The van der Waals surface area contributed by atoms with Gasteiger partial charge in [-0.3, -0.25) is 19.6 Å². The second-order valence-electron chi connectivity index (χ2n) is 11.7. The minimum absolute atomic E-state index is 0. The lowest BCUT2D eigenvalue weighted by atomic mass is 9.90. The minimum atomic E-state index is -0.570. The van der Waals surface area contributed by atoms with Gasteiger partial charge in [0, 0.05) is 63.0 Å². The minimum Gasteiger partial charge on any atom is -0.339 e. The van der Waals surface area contributed by atoms with E-state index in [9.17, 15) is 14.4 Å². The van der Waals surface area contributed by atoms with E-state index < -0.39 is 11.2 Å². The Balaban J connectivity index is 0.00000462. The largest absolute Gasteiger partial charge is 0.354 e. The summed E-state index contributed by atoms with van der Waals surface area (Å²) in [5, 5.41) is 2.71. The van der Waals surface area contributed by atoms with Crippen molar-refractivity contribution < 1.29 is 9.59 Å². The number of benzene rings is 1. The fraction of sp³-hybridized carbons (Fsp3) is 0.586. The summed E-state index contributed by atoms with van der Waals surface area (Å²) in [4.78, 5) is 47.9. The Labute approximate surface area is 248 Å². The molecule has 2 fully saturated rings. The molecule has 0 radical (unpaired) electrons. The molecule has 3 amide bonds. The van der Waals surface area contributed by atoms with Crippen LogP contribution in [0.4, 0.5) is 10.6 Å². The molecule has 0 bridgehead atoms. The highest BCUT2D eigenvalue weighted by Gasteiger charge is 2.27. The Morgan fingerprint density at radius 2 is 1.63 bits per heavy atom. The van der Waals surface area contributed by atoms with Crippen molar-refractivity contribution in [2.75, 3.05) is 38.0 Å². The topological polar surface area (TPSA) is 143 Å². The number of carbonyl (C=O) groups is 2. The predicted molar refractivity (Wildman–Crippen MR) is 163 cm³/mol. The van der Waals surface area contributed by atoms with Crippen LogP contribution in [0.25, 0.3) is 5.69 Å². The van der Waals surface area contributed by atoms with E-state index in [2.05, 4.69) is 22.1 Å². The van der Waals surface area contributed by atoms with E-state index in [-0.39, 0.29) is 36.6 Å². The smallest absolute Gasteiger partial charge is 0.339 e. The number of nitrogens with zero attached hydrogens (tertiary/aromatic N) is 5. The maximum atomic E-state index is 12.8. The highest BCUT2D eigenvalue weighted by atomic mass is 35.5. The molecule has 2 heterocycles. The quantitative estimate of drug-likeness (QED) is 0.430. The third-order valence-corrected chi connectivity index (χ3v) is 7.83. The summed E-state index contributed by atoms with van der Waals surface area (Å²) >= 11 is 0. The number of nitrogens with one attached hydrogen (secondary N) is 1. The van der Waals surface area contributed by atoms with Gasteiger partial charge in [-0.1, -0.05) is 19.1 Å². The van der Waals surface area contributed by atoms with Gasteiger partial charge in [-0.25, -0.2) is 9.59 Å². The summed E-state index contributed by atoms with van der Waals surface area (Å²) in [5.41, 5.74) is 12.9. The third-order valence-electron chi connectivity index (χ3n) is 7.83. The molecule has 1 aromatic carbocycles. The third kappa shape index (κ3) is 9.00. The number of piperazine rings is 1. The molecule has 5 N–H and O–H groups in total. The summed E-state index contributed by atoms with van der Waals surface area (Å²) in [7, 11) is 0. The van der Waals surface area contributed by atoms with Crippen LogP contribution >= 0.6 is 12.4 Å². The van der Waals surface area contributed by atoms with Gasteiger partial charge in [-0.2, -0.15) is 4.98 Å². The molecule has 11 nitrogen and oxygen atoms in total. The van der Waals surface area contributed by atoms with E-state index >= 15 is 0 Å². The Morgan fingerprint density at radius 3 is 2.20 bits per heavy atom. The molecule has 226 valence electrons. The Morgan fingerprint density at radius 1 is 1.02 bits per heavy atom. The molecule has 1 aliphatic carbocycles. The van der Waals surface area contributed by atoms with E-state index in [4.69, 9.17) is 11.5 Å². The van der Waals surface area contributed by atoms with Gasteiger partial charge < -0.3 is 21.3 Å². The molecule has 2 aromatic rings. The molecule has 1 aromatic heterocycles. The molecule has 12 heteroatoms. The fourth-order valence-electron chi connectivity index (χ4n) is 5.48. The number of urea groups is 1. The number of aromatic nitrogens is 2. The van der Waals surface area contributed by atoms with Crippen molar-refractivity contribution in [1.29, 1.82) is 0 Å².